The minimum Gasteiger partial charge on any atom is -0.288 e. The molecule has 4 nitrogen and oxygen atoms in total. The van der Waals surface area contributed by atoms with Gasteiger partial charge in [-0.15, -0.1) is 0 Å². The van der Waals surface area contributed by atoms with E-state index < -0.39 is 0 Å². The Morgan fingerprint density at radius 2 is 1.45 bits per heavy atom. The van der Waals surface area contributed by atoms with Crippen molar-refractivity contribution in [3.05, 3.63) is 24.3 Å². The Bertz CT molecular complexity index is 246. The number of anilines is 2. The first-order valence-corrected chi connectivity index (χ1v) is 3.42. The van der Waals surface area contributed by atoms with Gasteiger partial charge < -0.3 is 0 Å². The average Bonchev–Trinajstić information content (AvgIpc) is 2.30. The normalized spacial score (nSPS) is 15.5. The molecule has 1 aromatic rings. The quantitative estimate of drug-likeness (QED) is 0.512. The highest BCUT2D eigenvalue weighted by Gasteiger charge is 2.19. The largest absolute Gasteiger partial charge is 0.288 e. The first kappa shape index (κ1) is 6.45. The first-order chi connectivity index (χ1) is 5.29. The number of hydrogen-bond acceptors (Lipinski definition) is 4. The number of hydrazine groups is 2. The zero-order valence-electron chi connectivity index (χ0n) is 6.07. The van der Waals surface area contributed by atoms with Crippen molar-refractivity contribution in [1.82, 2.24) is 0 Å². The molecule has 4 heteroatoms. The van der Waals surface area contributed by atoms with Crippen molar-refractivity contribution in [2.24, 2.45) is 11.7 Å². The molecule has 4 N–H and O–H groups in total. The fraction of sp³-hybridized carbons (Fsp3) is 0.143. The predicted octanol–water partition coefficient (Wildman–Crippen LogP) is 0.0179. The molecule has 1 aromatic carbocycles. The van der Waals surface area contributed by atoms with Crippen molar-refractivity contribution >= 4 is 11.4 Å². The number of rotatable bonds is 0. The third kappa shape index (κ3) is 0.840. The van der Waals surface area contributed by atoms with Gasteiger partial charge in [0.05, 0.1) is 11.4 Å². The van der Waals surface area contributed by atoms with Crippen LogP contribution in [0, 0.1) is 0 Å². The number of para-hydroxylation sites is 2. The topological polar surface area (TPSA) is 58.5 Å². The van der Waals surface area contributed by atoms with Crippen molar-refractivity contribution in [3.8, 4) is 0 Å². The Kier molecular flexibility index (Phi) is 1.24. The molecule has 0 unspecified atom stereocenters. The number of nitrogens with zero attached hydrogens (tertiary/aromatic N) is 2. The summed E-state index contributed by atoms with van der Waals surface area (Å²) in [4.78, 5) is 0. The standard InChI is InChI=1S/C7H10N4/c8-10-5-11(9)7-4-2-1-3-6(7)10/h1-4H,5,8-9H2. The first-order valence-electron chi connectivity index (χ1n) is 3.42. The maximum Gasteiger partial charge on any atom is 0.120 e. The lowest BCUT2D eigenvalue weighted by Crippen LogP contribution is -2.39. The second-order valence-corrected chi connectivity index (χ2v) is 2.57. The van der Waals surface area contributed by atoms with Crippen LogP contribution in [0.3, 0.4) is 0 Å². The second-order valence-electron chi connectivity index (χ2n) is 2.57. The molecule has 1 aliphatic rings. The smallest absolute Gasteiger partial charge is 0.120 e. The van der Waals surface area contributed by atoms with Crippen LogP contribution in [-0.4, -0.2) is 6.67 Å². The maximum absolute atomic E-state index is 5.65. The molecule has 0 saturated heterocycles. The summed E-state index contributed by atoms with van der Waals surface area (Å²) in [6.07, 6.45) is 0. The molecule has 0 saturated carbocycles. The van der Waals surface area contributed by atoms with Gasteiger partial charge in [0.2, 0.25) is 0 Å². The van der Waals surface area contributed by atoms with Crippen molar-refractivity contribution in [2.45, 2.75) is 0 Å². The monoisotopic (exact) mass is 150 g/mol. The SMILES string of the molecule is NN1CN(N)c2ccccc21. The van der Waals surface area contributed by atoms with Crippen LogP contribution >= 0.6 is 0 Å². The number of benzene rings is 1. The van der Waals surface area contributed by atoms with Gasteiger partial charge in [-0.25, -0.2) is 11.7 Å². The van der Waals surface area contributed by atoms with E-state index in [1.807, 2.05) is 24.3 Å². The number of nitrogens with two attached hydrogens (primary N) is 2. The van der Waals surface area contributed by atoms with Crippen LogP contribution in [0.15, 0.2) is 24.3 Å². The summed E-state index contributed by atoms with van der Waals surface area (Å²) in [6, 6.07) is 7.78. The van der Waals surface area contributed by atoms with E-state index in [0.29, 0.717) is 6.67 Å². The Balaban J connectivity index is 2.52. The van der Waals surface area contributed by atoms with Gasteiger partial charge in [0.15, 0.2) is 0 Å². The molecule has 0 spiro atoms. The fourth-order valence-electron chi connectivity index (χ4n) is 1.27. The van der Waals surface area contributed by atoms with Gasteiger partial charge in [-0.1, -0.05) is 12.1 Å². The molecule has 0 amide bonds. The van der Waals surface area contributed by atoms with Gasteiger partial charge in [0, 0.05) is 0 Å². The zero-order valence-corrected chi connectivity index (χ0v) is 6.07. The fourth-order valence-corrected chi connectivity index (χ4v) is 1.27. The van der Waals surface area contributed by atoms with Crippen molar-refractivity contribution in [2.75, 3.05) is 16.7 Å². The van der Waals surface area contributed by atoms with E-state index in [1.165, 1.54) is 0 Å². The van der Waals surface area contributed by atoms with Crippen LogP contribution in [0.5, 0.6) is 0 Å². The van der Waals surface area contributed by atoms with Crippen LogP contribution in [0.1, 0.15) is 0 Å². The van der Waals surface area contributed by atoms with Gasteiger partial charge in [-0.3, -0.25) is 10.0 Å². The number of fused-ring (bicyclic) bond motifs is 1. The lowest BCUT2D eigenvalue weighted by Gasteiger charge is -2.10. The average molecular weight is 150 g/mol. The van der Waals surface area contributed by atoms with E-state index in [4.69, 9.17) is 11.7 Å². The summed E-state index contributed by atoms with van der Waals surface area (Å²) in [5.74, 6) is 11.3. The van der Waals surface area contributed by atoms with Crippen LogP contribution in [-0.2, 0) is 0 Å². The summed E-state index contributed by atoms with van der Waals surface area (Å²) in [6.45, 7) is 0.555. The van der Waals surface area contributed by atoms with Gasteiger partial charge in [-0.05, 0) is 12.1 Å². The van der Waals surface area contributed by atoms with Gasteiger partial charge in [0.1, 0.15) is 6.67 Å². The van der Waals surface area contributed by atoms with Crippen molar-refractivity contribution in [3.63, 3.8) is 0 Å². The minimum absolute atomic E-state index is 0.555. The summed E-state index contributed by atoms with van der Waals surface area (Å²) in [5, 5.41) is 3.24. The van der Waals surface area contributed by atoms with E-state index in [9.17, 15) is 0 Å². The highest BCUT2D eigenvalue weighted by Crippen LogP contribution is 2.30. The lowest BCUT2D eigenvalue weighted by molar-refractivity contribution is 0.824. The summed E-state index contributed by atoms with van der Waals surface area (Å²) in [5.41, 5.74) is 1.96. The third-order valence-corrected chi connectivity index (χ3v) is 1.81. The van der Waals surface area contributed by atoms with Crippen LogP contribution < -0.4 is 21.7 Å². The molecule has 2 rings (SSSR count). The molecule has 0 fully saturated rings. The van der Waals surface area contributed by atoms with E-state index in [1.54, 1.807) is 10.0 Å². The van der Waals surface area contributed by atoms with Gasteiger partial charge in [-0.2, -0.15) is 0 Å². The lowest BCUT2D eigenvalue weighted by atomic mass is 10.3. The molecule has 0 aliphatic carbocycles. The van der Waals surface area contributed by atoms with Gasteiger partial charge >= 0.3 is 0 Å². The van der Waals surface area contributed by atoms with E-state index in [-0.39, 0.29) is 0 Å². The third-order valence-electron chi connectivity index (χ3n) is 1.81. The molecule has 1 heterocycles. The Morgan fingerprint density at radius 1 is 1.00 bits per heavy atom. The van der Waals surface area contributed by atoms with E-state index in [0.717, 1.165) is 11.4 Å². The summed E-state index contributed by atoms with van der Waals surface area (Å²) < 4.78 is 0. The molecule has 0 bridgehead atoms. The molecule has 58 valence electrons. The predicted molar refractivity (Wildman–Crippen MR) is 44.6 cm³/mol. The molecule has 11 heavy (non-hydrogen) atoms. The van der Waals surface area contributed by atoms with Gasteiger partial charge in [0.25, 0.3) is 0 Å². The highest BCUT2D eigenvalue weighted by atomic mass is 15.6. The van der Waals surface area contributed by atoms with Crippen molar-refractivity contribution in [1.29, 1.82) is 0 Å². The zero-order chi connectivity index (χ0) is 7.84. The van der Waals surface area contributed by atoms with Crippen LogP contribution in [0.25, 0.3) is 0 Å². The molecule has 0 atom stereocenters. The Morgan fingerprint density at radius 3 is 1.91 bits per heavy atom. The van der Waals surface area contributed by atoms with Crippen LogP contribution in [0.2, 0.25) is 0 Å². The Labute approximate surface area is 64.9 Å². The number of hydrogen-bond donors (Lipinski definition) is 2. The van der Waals surface area contributed by atoms with E-state index >= 15 is 0 Å². The molecular formula is C7H10N4. The minimum atomic E-state index is 0.555. The second kappa shape index (κ2) is 2.11. The summed E-state index contributed by atoms with van der Waals surface area (Å²) >= 11 is 0. The molecular weight excluding hydrogens is 140 g/mol. The molecule has 0 aromatic heterocycles. The molecule has 1 aliphatic heterocycles. The maximum atomic E-state index is 5.65. The van der Waals surface area contributed by atoms with Crippen molar-refractivity contribution < 1.29 is 0 Å². The van der Waals surface area contributed by atoms with E-state index in [2.05, 4.69) is 0 Å². The highest BCUT2D eigenvalue weighted by molar-refractivity contribution is 5.74. The molecule has 0 radical (unpaired) electrons. The van der Waals surface area contributed by atoms with Crippen LogP contribution in [0.4, 0.5) is 11.4 Å². The Hall–Kier alpha value is -1.26. The summed E-state index contributed by atoms with van der Waals surface area (Å²) in [7, 11) is 0.